The van der Waals surface area contributed by atoms with Gasteiger partial charge in [-0.25, -0.2) is 19.4 Å². The second-order valence-corrected chi connectivity index (χ2v) is 14.5. The van der Waals surface area contributed by atoms with Crippen LogP contribution in [0.15, 0.2) is 60.0 Å². The fourth-order valence-corrected chi connectivity index (χ4v) is 8.92. The van der Waals surface area contributed by atoms with E-state index in [2.05, 4.69) is 19.8 Å². The first-order valence-electron chi connectivity index (χ1n) is 12.8. The summed E-state index contributed by atoms with van der Waals surface area (Å²) in [5, 5.41) is 45.3. The monoisotopic (exact) mass is 740 g/mol. The van der Waals surface area contributed by atoms with Gasteiger partial charge in [0.15, 0.2) is 16.4 Å². The number of carbonyl (C=O) groups is 5. The third-order valence-electron chi connectivity index (χ3n) is 6.30. The molecule has 0 aliphatic carbocycles. The van der Waals surface area contributed by atoms with Crippen molar-refractivity contribution >= 4 is 98.7 Å². The van der Waals surface area contributed by atoms with Crippen LogP contribution in [-0.2, 0) is 24.0 Å². The largest absolute Gasteiger partial charge is 0.508 e. The van der Waals surface area contributed by atoms with Crippen LogP contribution in [0.1, 0.15) is 16.1 Å². The molecule has 2 amide bonds. The number of phenols is 1. The van der Waals surface area contributed by atoms with Gasteiger partial charge in [0.05, 0.1) is 4.21 Å². The molecular weight excluding hydrogens is 721 g/mol. The van der Waals surface area contributed by atoms with E-state index in [1.165, 1.54) is 29.6 Å². The van der Waals surface area contributed by atoms with Crippen molar-refractivity contribution < 1.29 is 49.2 Å². The second kappa shape index (κ2) is 14.1. The first-order chi connectivity index (χ1) is 22.3. The minimum absolute atomic E-state index is 0.0253. The molecule has 0 spiro atoms. The average Bonchev–Trinajstić information content (AvgIpc) is 3.63. The molecule has 2 aromatic heterocycles. The van der Waals surface area contributed by atoms with Gasteiger partial charge in [-0.3, -0.25) is 23.7 Å². The van der Waals surface area contributed by atoms with Crippen molar-refractivity contribution in [3.63, 3.8) is 0 Å². The van der Waals surface area contributed by atoms with Gasteiger partial charge in [-0.05, 0) is 29.8 Å². The summed E-state index contributed by atoms with van der Waals surface area (Å²) >= 11 is 4.58. The van der Waals surface area contributed by atoms with Crippen LogP contribution in [0, 0.1) is 0 Å². The summed E-state index contributed by atoms with van der Waals surface area (Å²) in [6.07, 6.45) is 0. The number of aromatic carboxylic acids is 1. The predicted octanol–water partition coefficient (Wildman–Crippen LogP) is 1.33. The van der Waals surface area contributed by atoms with Gasteiger partial charge in [-0.1, -0.05) is 28.5 Å². The predicted molar refractivity (Wildman–Crippen MR) is 172 cm³/mol. The number of aromatic hydroxyl groups is 1. The minimum atomic E-state index is -1.63. The normalized spacial score (nSPS) is 18.3. The van der Waals surface area contributed by atoms with Crippen LogP contribution in [0.3, 0.4) is 0 Å². The van der Waals surface area contributed by atoms with Crippen LogP contribution in [-0.4, -0.2) is 98.5 Å². The van der Waals surface area contributed by atoms with Crippen LogP contribution < -0.4 is 16.6 Å². The van der Waals surface area contributed by atoms with Crippen molar-refractivity contribution in [2.45, 2.75) is 26.0 Å². The molecule has 0 radical (unpaired) electrons. The number of aromatic nitrogens is 2. The Kier molecular flexibility index (Phi) is 10.1. The number of amides is 2. The van der Waals surface area contributed by atoms with E-state index in [0.29, 0.717) is 10.5 Å². The number of nitrogens with one attached hydrogen (secondary N) is 2. The van der Waals surface area contributed by atoms with E-state index >= 15 is 0 Å². The summed E-state index contributed by atoms with van der Waals surface area (Å²) in [6.45, 7) is 0. The number of nitrogens with zero attached hydrogens (tertiary/aromatic N) is 3. The number of β-lactam (4-membered cyclic amide) rings is 1. The SMILES string of the molecule is Nc1nc(/C(=N\OC(Sc2ccc(O)cc2)C(=O)O)C(=O)N[C@@H]2C(=O)N3C(C(=O)O)=C(CSc4s[nH]c(=O)c4C(=O)O)CS[C@H]23)cs1. The number of aliphatic carboxylic acids is 2. The molecular formula is C25H20N6O11S5. The minimum Gasteiger partial charge on any atom is -0.508 e. The number of carboxylic acid groups (broad SMARTS) is 3. The van der Waals surface area contributed by atoms with E-state index in [9.17, 15) is 49.2 Å². The number of H-pyrrole nitrogens is 1. The highest BCUT2D eigenvalue weighted by atomic mass is 32.2. The van der Waals surface area contributed by atoms with Crippen LogP contribution in [0.25, 0.3) is 0 Å². The number of thiazole rings is 1. The second-order valence-electron chi connectivity index (χ2n) is 9.31. The summed E-state index contributed by atoms with van der Waals surface area (Å²) < 4.78 is 2.48. The summed E-state index contributed by atoms with van der Waals surface area (Å²) in [5.41, 5.74) is 2.26. The number of hydrogen-bond donors (Lipinski definition) is 7. The molecule has 5 rings (SSSR count). The lowest BCUT2D eigenvalue weighted by molar-refractivity contribution is -0.150. The molecule has 17 nitrogen and oxygen atoms in total. The van der Waals surface area contributed by atoms with Crippen molar-refractivity contribution in [2.75, 3.05) is 17.2 Å². The number of carbonyl (C=O) groups excluding carboxylic acids is 2. The summed E-state index contributed by atoms with van der Waals surface area (Å²) in [6, 6.07) is 4.39. The fraction of sp³-hybridized carbons (Fsp3) is 0.200. The zero-order valence-electron chi connectivity index (χ0n) is 23.1. The van der Waals surface area contributed by atoms with E-state index < -0.39 is 63.4 Å². The number of hydrogen-bond acceptors (Lipinski definition) is 16. The van der Waals surface area contributed by atoms with E-state index in [0.717, 1.165) is 63.1 Å². The third-order valence-corrected chi connectivity index (χ3v) is 11.6. The molecule has 1 saturated heterocycles. The Morgan fingerprint density at radius 2 is 1.89 bits per heavy atom. The summed E-state index contributed by atoms with van der Waals surface area (Å²) in [4.78, 5) is 84.6. The number of benzene rings is 1. The third kappa shape index (κ3) is 7.25. The number of phenolic OH excluding ortho intramolecular Hbond substituents is 1. The van der Waals surface area contributed by atoms with Crippen molar-refractivity contribution in [2.24, 2.45) is 5.16 Å². The van der Waals surface area contributed by atoms with Crippen LogP contribution in [0.4, 0.5) is 5.13 Å². The number of fused-ring (bicyclic) bond motifs is 1. The maximum atomic E-state index is 13.4. The number of aromatic amines is 1. The van der Waals surface area contributed by atoms with Crippen molar-refractivity contribution in [3.05, 3.63) is 62.5 Å². The fourth-order valence-electron chi connectivity index (χ4n) is 4.20. The lowest BCUT2D eigenvalue weighted by Gasteiger charge is -2.49. The summed E-state index contributed by atoms with van der Waals surface area (Å²) in [5.74, 6) is -5.95. The molecule has 8 N–H and O–H groups in total. The molecule has 0 saturated carbocycles. The standard InChI is InChI=1S/C25H20N6O11S5/c26-25-27-11(7-45-25)13(29-42-23(22(40)41)46-10-3-1-9(32)2-4-10)17(34)28-14-18(35)31-15(21(38)39)8(5-43-19(14)31)6-44-24-12(20(36)37)16(33)30-47-24/h1-4,7,14,19,23,32H,5-6H2,(H2,26,27)(H,28,34)(H,30,33)(H,36,37)(H,38,39)(H,40,41)/b29-13+/t14-,19-,23?/m1/s1. The molecule has 3 atom stereocenters. The molecule has 1 aromatic carbocycles. The van der Waals surface area contributed by atoms with Gasteiger partial charge >= 0.3 is 17.9 Å². The van der Waals surface area contributed by atoms with Gasteiger partial charge in [0.25, 0.3) is 22.8 Å². The van der Waals surface area contributed by atoms with E-state index in [1.54, 1.807) is 0 Å². The number of nitrogens with two attached hydrogens (primary N) is 1. The summed E-state index contributed by atoms with van der Waals surface area (Å²) in [7, 11) is 0. The maximum Gasteiger partial charge on any atom is 0.358 e. The highest BCUT2D eigenvalue weighted by Gasteiger charge is 2.54. The molecule has 4 heterocycles. The van der Waals surface area contributed by atoms with Gasteiger partial charge in [-0.2, -0.15) is 0 Å². The Bertz CT molecular complexity index is 1890. The Hall–Kier alpha value is -4.51. The number of rotatable bonds is 13. The molecule has 1 fully saturated rings. The van der Waals surface area contributed by atoms with Gasteiger partial charge in [0.2, 0.25) is 0 Å². The lowest BCUT2D eigenvalue weighted by atomic mass is 10.0. The highest BCUT2D eigenvalue weighted by molar-refractivity contribution is 8.02. The molecule has 0 bridgehead atoms. The number of carboxylic acids is 3. The Balaban J connectivity index is 1.33. The highest BCUT2D eigenvalue weighted by Crippen LogP contribution is 2.42. The molecule has 2 aliphatic heterocycles. The zero-order chi connectivity index (χ0) is 34.0. The van der Waals surface area contributed by atoms with E-state index in [4.69, 9.17) is 10.6 Å². The molecule has 2 aliphatic rings. The van der Waals surface area contributed by atoms with Crippen LogP contribution >= 0.6 is 58.2 Å². The zero-order valence-corrected chi connectivity index (χ0v) is 27.2. The number of oxime groups is 1. The van der Waals surface area contributed by atoms with E-state index in [-0.39, 0.29) is 38.0 Å². The van der Waals surface area contributed by atoms with Gasteiger partial charge in [-0.15, -0.1) is 34.9 Å². The van der Waals surface area contributed by atoms with Crippen molar-refractivity contribution in [1.82, 2.24) is 19.6 Å². The Morgan fingerprint density at radius 3 is 2.51 bits per heavy atom. The number of thioether (sulfide) groups is 3. The smallest absolute Gasteiger partial charge is 0.358 e. The quantitative estimate of drug-likeness (QED) is 0.0428. The van der Waals surface area contributed by atoms with E-state index in [1.807, 2.05) is 0 Å². The molecule has 246 valence electrons. The van der Waals surface area contributed by atoms with Crippen LogP contribution in [0.5, 0.6) is 5.75 Å². The topological polar surface area (TPSA) is 275 Å². The average molecular weight is 741 g/mol. The van der Waals surface area contributed by atoms with Crippen molar-refractivity contribution in [3.8, 4) is 5.75 Å². The molecule has 22 heteroatoms. The van der Waals surface area contributed by atoms with Gasteiger partial charge in [0.1, 0.15) is 28.6 Å². The molecule has 1 unspecified atom stereocenters. The lowest BCUT2D eigenvalue weighted by Crippen LogP contribution is -2.71. The number of nitrogen functional groups attached to an aromatic ring is 1. The van der Waals surface area contributed by atoms with Gasteiger partial charge in [0, 0.05) is 21.8 Å². The number of anilines is 1. The first kappa shape index (κ1) is 33.8. The Labute approximate surface area is 283 Å². The maximum absolute atomic E-state index is 13.4. The Morgan fingerprint density at radius 1 is 1.17 bits per heavy atom. The van der Waals surface area contributed by atoms with Crippen molar-refractivity contribution in [1.29, 1.82) is 0 Å². The molecule has 3 aromatic rings. The first-order valence-corrected chi connectivity index (χ1v) is 17.4. The van der Waals surface area contributed by atoms with Gasteiger partial charge < -0.3 is 36.3 Å². The molecule has 47 heavy (non-hydrogen) atoms. The van der Waals surface area contributed by atoms with Crippen LogP contribution in [0.2, 0.25) is 0 Å².